The maximum atomic E-state index is 14.4. The summed E-state index contributed by atoms with van der Waals surface area (Å²) in [5.74, 6) is -1.89. The Kier molecular flexibility index (Phi) is 5.82. The van der Waals surface area contributed by atoms with Crippen LogP contribution in [-0.2, 0) is 4.79 Å². The van der Waals surface area contributed by atoms with Crippen LogP contribution in [0.15, 0.2) is 36.7 Å². The Morgan fingerprint density at radius 2 is 1.91 bits per heavy atom. The van der Waals surface area contributed by atoms with Crippen molar-refractivity contribution in [1.82, 2.24) is 14.9 Å². The molecule has 7 nitrogen and oxygen atoms in total. The smallest absolute Gasteiger partial charge is 0.471 e. The Labute approximate surface area is 202 Å². The molecule has 35 heavy (non-hydrogen) atoms. The Morgan fingerprint density at radius 3 is 2.60 bits per heavy atom. The van der Waals surface area contributed by atoms with E-state index < -0.39 is 17.9 Å². The van der Waals surface area contributed by atoms with Gasteiger partial charge in [0.05, 0.1) is 23.3 Å². The Morgan fingerprint density at radius 1 is 1.17 bits per heavy atom. The number of anilines is 2. The van der Waals surface area contributed by atoms with E-state index in [4.69, 9.17) is 21.1 Å². The predicted octanol–water partition coefficient (Wildman–Crippen LogP) is 4.96. The molecule has 1 aliphatic heterocycles. The van der Waals surface area contributed by atoms with Crippen LogP contribution in [-0.4, -0.2) is 53.3 Å². The van der Waals surface area contributed by atoms with Gasteiger partial charge in [-0.15, -0.1) is 0 Å². The first-order chi connectivity index (χ1) is 16.7. The molecule has 184 valence electrons. The molecule has 3 atom stereocenters. The monoisotopic (exact) mass is 510 g/mol. The van der Waals surface area contributed by atoms with E-state index in [0.717, 1.165) is 4.90 Å². The number of hydrogen-bond acceptors (Lipinski definition) is 6. The second-order valence-electron chi connectivity index (χ2n) is 8.52. The quantitative estimate of drug-likeness (QED) is 0.489. The number of benzene rings is 2. The molecule has 2 fully saturated rings. The number of piperidine rings is 2. The number of amides is 1. The van der Waals surface area contributed by atoms with Gasteiger partial charge in [0, 0.05) is 36.4 Å². The summed E-state index contributed by atoms with van der Waals surface area (Å²) < 4.78 is 64.5. The fourth-order valence-corrected chi connectivity index (χ4v) is 4.85. The normalized spacial score (nSPS) is 21.4. The summed E-state index contributed by atoms with van der Waals surface area (Å²) in [4.78, 5) is 20.9. The van der Waals surface area contributed by atoms with Gasteiger partial charge in [0.2, 0.25) is 0 Å². The molecule has 1 unspecified atom stereocenters. The van der Waals surface area contributed by atoms with Crippen molar-refractivity contribution in [3.8, 4) is 11.5 Å². The SMILES string of the molecule is COc1cc2ncnc(Nc3cccc(Cl)c3F)c2cc1OC1[C@@H]2C[C@H]1CN(C(=O)C(F)(F)F)C2. The van der Waals surface area contributed by atoms with Crippen LogP contribution in [0.4, 0.5) is 29.1 Å². The number of fused-ring (bicyclic) bond motifs is 3. The van der Waals surface area contributed by atoms with Crippen molar-refractivity contribution in [2.24, 2.45) is 11.8 Å². The number of carbonyl (C=O) groups is 1. The summed E-state index contributed by atoms with van der Waals surface area (Å²) >= 11 is 5.87. The van der Waals surface area contributed by atoms with Crippen molar-refractivity contribution in [2.45, 2.75) is 18.7 Å². The molecule has 5 rings (SSSR count). The second kappa shape index (κ2) is 8.71. The number of carbonyl (C=O) groups excluding carboxylic acids is 1. The molecule has 1 saturated heterocycles. The first-order valence-electron chi connectivity index (χ1n) is 10.7. The highest BCUT2D eigenvalue weighted by atomic mass is 35.5. The van der Waals surface area contributed by atoms with Gasteiger partial charge in [0.15, 0.2) is 17.3 Å². The van der Waals surface area contributed by atoms with Crippen LogP contribution in [0, 0.1) is 17.7 Å². The molecule has 3 aromatic rings. The van der Waals surface area contributed by atoms with E-state index in [2.05, 4.69) is 15.3 Å². The van der Waals surface area contributed by atoms with Gasteiger partial charge in [-0.1, -0.05) is 17.7 Å². The molecular formula is C23H19ClF4N4O3. The molecule has 1 aliphatic carbocycles. The number of alkyl halides is 3. The Bertz CT molecular complexity index is 1290. The highest BCUT2D eigenvalue weighted by molar-refractivity contribution is 6.31. The molecule has 2 bridgehead atoms. The van der Waals surface area contributed by atoms with Crippen LogP contribution in [0.3, 0.4) is 0 Å². The summed E-state index contributed by atoms with van der Waals surface area (Å²) in [5.41, 5.74) is 0.628. The van der Waals surface area contributed by atoms with Crippen molar-refractivity contribution in [2.75, 3.05) is 25.5 Å². The molecule has 0 radical (unpaired) electrons. The standard InChI is InChI=1S/C23H19ClF4N4O3/c1-34-17-7-16-13(21(30-10-29-16)31-15-4-2-3-14(24)19(15)25)6-18(17)35-20-11-5-12(20)9-32(8-11)22(33)23(26,27)28/h2-4,6-7,10-12,20H,5,8-9H2,1H3,(H,29,30,31)/t11-,12+,20?. The average Bonchev–Trinajstić information content (AvgIpc) is 2.84. The third kappa shape index (κ3) is 4.29. The molecule has 2 heterocycles. The fraction of sp³-hybridized carbons (Fsp3) is 0.348. The van der Waals surface area contributed by atoms with Gasteiger partial charge >= 0.3 is 12.1 Å². The zero-order chi connectivity index (χ0) is 24.9. The number of hydrogen-bond donors (Lipinski definition) is 1. The molecule has 1 saturated carbocycles. The Balaban J connectivity index is 1.42. The number of rotatable bonds is 5. The highest BCUT2D eigenvalue weighted by Crippen LogP contribution is 2.45. The van der Waals surface area contributed by atoms with E-state index >= 15 is 0 Å². The van der Waals surface area contributed by atoms with Crippen LogP contribution in [0.2, 0.25) is 5.02 Å². The van der Waals surface area contributed by atoms with E-state index in [0.29, 0.717) is 34.6 Å². The van der Waals surface area contributed by atoms with Crippen LogP contribution >= 0.6 is 11.6 Å². The lowest BCUT2D eigenvalue weighted by atomic mass is 9.68. The predicted molar refractivity (Wildman–Crippen MR) is 119 cm³/mol. The van der Waals surface area contributed by atoms with Crippen LogP contribution < -0.4 is 14.8 Å². The minimum atomic E-state index is -4.90. The zero-order valence-electron chi connectivity index (χ0n) is 18.3. The lowest BCUT2D eigenvalue weighted by Gasteiger charge is -2.52. The second-order valence-corrected chi connectivity index (χ2v) is 8.92. The van der Waals surface area contributed by atoms with E-state index in [-0.39, 0.29) is 41.7 Å². The first-order valence-corrected chi connectivity index (χ1v) is 11.1. The van der Waals surface area contributed by atoms with Gasteiger partial charge < -0.3 is 19.7 Å². The summed E-state index contributed by atoms with van der Waals surface area (Å²) in [6, 6.07) is 7.82. The summed E-state index contributed by atoms with van der Waals surface area (Å²) in [6.45, 7) is -0.0568. The lowest BCUT2D eigenvalue weighted by molar-refractivity contribution is -0.196. The minimum Gasteiger partial charge on any atom is -0.493 e. The third-order valence-electron chi connectivity index (χ3n) is 6.36. The van der Waals surface area contributed by atoms with Gasteiger partial charge in [0.1, 0.15) is 18.2 Å². The number of nitrogens with one attached hydrogen (secondary N) is 1. The maximum Gasteiger partial charge on any atom is 0.471 e. The highest BCUT2D eigenvalue weighted by Gasteiger charge is 2.53. The molecule has 1 amide bonds. The molecule has 0 spiro atoms. The zero-order valence-corrected chi connectivity index (χ0v) is 19.0. The van der Waals surface area contributed by atoms with Gasteiger partial charge in [-0.05, 0) is 24.6 Å². The number of ether oxygens (including phenoxy) is 2. The van der Waals surface area contributed by atoms with E-state index in [1.165, 1.54) is 25.6 Å². The van der Waals surface area contributed by atoms with Crippen molar-refractivity contribution in [3.05, 3.63) is 47.5 Å². The molecule has 1 N–H and O–H groups in total. The minimum absolute atomic E-state index is 0.0284. The third-order valence-corrected chi connectivity index (χ3v) is 6.65. The molecule has 2 aliphatic rings. The van der Waals surface area contributed by atoms with Gasteiger partial charge in [-0.3, -0.25) is 4.79 Å². The van der Waals surface area contributed by atoms with Gasteiger partial charge in [-0.2, -0.15) is 13.2 Å². The molecular weight excluding hydrogens is 492 g/mol. The van der Waals surface area contributed by atoms with Crippen LogP contribution in [0.25, 0.3) is 10.9 Å². The number of nitrogens with zero attached hydrogens (tertiary/aromatic N) is 3. The molecule has 1 aromatic heterocycles. The average molecular weight is 511 g/mol. The van der Waals surface area contributed by atoms with Crippen LogP contribution in [0.1, 0.15) is 6.42 Å². The summed E-state index contributed by atoms with van der Waals surface area (Å²) in [5, 5.41) is 3.38. The first kappa shape index (κ1) is 23.4. The summed E-state index contributed by atoms with van der Waals surface area (Å²) in [6.07, 6.45) is -3.28. The number of aromatic nitrogens is 2. The number of halogens is 5. The van der Waals surface area contributed by atoms with Crippen molar-refractivity contribution >= 4 is 39.9 Å². The van der Waals surface area contributed by atoms with Crippen molar-refractivity contribution < 1.29 is 31.8 Å². The van der Waals surface area contributed by atoms with Crippen molar-refractivity contribution in [3.63, 3.8) is 0 Å². The maximum absolute atomic E-state index is 14.4. The van der Waals surface area contributed by atoms with Gasteiger partial charge in [0.25, 0.3) is 0 Å². The molecule has 12 heteroatoms. The van der Waals surface area contributed by atoms with Crippen LogP contribution in [0.5, 0.6) is 11.5 Å². The molecule has 2 aromatic carbocycles. The largest absolute Gasteiger partial charge is 0.493 e. The number of methoxy groups -OCH3 is 1. The van der Waals surface area contributed by atoms with E-state index in [1.54, 1.807) is 18.2 Å². The van der Waals surface area contributed by atoms with E-state index in [1.807, 2.05) is 0 Å². The van der Waals surface area contributed by atoms with Gasteiger partial charge in [-0.25, -0.2) is 14.4 Å². The topological polar surface area (TPSA) is 76.6 Å². The lowest BCUT2D eigenvalue weighted by Crippen LogP contribution is -2.63. The van der Waals surface area contributed by atoms with E-state index in [9.17, 15) is 22.4 Å². The number of likely N-dealkylation sites (tertiary alicyclic amines) is 1. The van der Waals surface area contributed by atoms with Crippen molar-refractivity contribution in [1.29, 1.82) is 0 Å². The summed E-state index contributed by atoms with van der Waals surface area (Å²) in [7, 11) is 1.46. The Hall–Kier alpha value is -3.34. The fourth-order valence-electron chi connectivity index (χ4n) is 4.67.